The van der Waals surface area contributed by atoms with E-state index in [9.17, 15) is 4.79 Å². The quantitative estimate of drug-likeness (QED) is 0.813. The standard InChI is InChI=1S/C13H18N4O/c1-2-12(15)13(18)17(8-4-6-14)10-11-5-3-7-16-9-11/h3,5,7,9,12H,2,4,8,10,15H2,1H3/t12-/m1/s1. The van der Waals surface area contributed by atoms with Gasteiger partial charge in [-0.3, -0.25) is 9.78 Å². The highest BCUT2D eigenvalue weighted by atomic mass is 16.2. The second kappa shape index (κ2) is 7.41. The van der Waals surface area contributed by atoms with E-state index in [0.29, 0.717) is 25.9 Å². The number of nitrogens with two attached hydrogens (primary N) is 1. The normalized spacial score (nSPS) is 11.6. The Morgan fingerprint density at radius 1 is 1.67 bits per heavy atom. The summed E-state index contributed by atoms with van der Waals surface area (Å²) in [6.45, 7) is 2.72. The molecule has 0 spiro atoms. The van der Waals surface area contributed by atoms with Crippen LogP contribution in [0.3, 0.4) is 0 Å². The molecule has 1 aromatic rings. The van der Waals surface area contributed by atoms with Crippen molar-refractivity contribution in [2.75, 3.05) is 6.54 Å². The summed E-state index contributed by atoms with van der Waals surface area (Å²) in [5.74, 6) is -0.114. The van der Waals surface area contributed by atoms with E-state index >= 15 is 0 Å². The van der Waals surface area contributed by atoms with Crippen molar-refractivity contribution >= 4 is 5.91 Å². The largest absolute Gasteiger partial charge is 0.336 e. The summed E-state index contributed by atoms with van der Waals surface area (Å²) in [6.07, 6.45) is 4.30. The molecule has 0 fully saturated rings. The number of pyridine rings is 1. The number of nitrogens with zero attached hydrogens (tertiary/aromatic N) is 3. The number of hydrogen-bond donors (Lipinski definition) is 1. The number of carbonyl (C=O) groups excluding carboxylic acids is 1. The first-order valence-electron chi connectivity index (χ1n) is 5.99. The van der Waals surface area contributed by atoms with Crippen molar-refractivity contribution in [1.29, 1.82) is 5.26 Å². The highest BCUT2D eigenvalue weighted by molar-refractivity contribution is 5.81. The maximum absolute atomic E-state index is 12.1. The average Bonchev–Trinajstić information content (AvgIpc) is 2.42. The predicted octanol–water partition coefficient (Wildman–Crippen LogP) is 1.06. The van der Waals surface area contributed by atoms with Crippen LogP contribution in [0.4, 0.5) is 0 Å². The molecule has 0 aromatic carbocycles. The van der Waals surface area contributed by atoms with E-state index in [1.807, 2.05) is 25.1 Å². The molecule has 1 rings (SSSR count). The maximum atomic E-state index is 12.1. The predicted molar refractivity (Wildman–Crippen MR) is 68.2 cm³/mol. The molecule has 0 unspecified atom stereocenters. The number of nitriles is 1. The van der Waals surface area contributed by atoms with E-state index in [1.165, 1.54) is 0 Å². The lowest BCUT2D eigenvalue weighted by molar-refractivity contribution is -0.133. The van der Waals surface area contributed by atoms with Gasteiger partial charge in [0, 0.05) is 25.5 Å². The Morgan fingerprint density at radius 2 is 2.44 bits per heavy atom. The lowest BCUT2D eigenvalue weighted by Gasteiger charge is -2.24. The Bertz CT molecular complexity index is 413. The van der Waals surface area contributed by atoms with Crippen molar-refractivity contribution in [3.63, 3.8) is 0 Å². The number of aromatic nitrogens is 1. The molecule has 0 aliphatic carbocycles. The number of rotatable bonds is 6. The Kier molecular flexibility index (Phi) is 5.81. The van der Waals surface area contributed by atoms with Gasteiger partial charge in [-0.25, -0.2) is 0 Å². The van der Waals surface area contributed by atoms with Gasteiger partial charge in [-0.1, -0.05) is 13.0 Å². The molecular weight excluding hydrogens is 228 g/mol. The van der Waals surface area contributed by atoms with Crippen LogP contribution < -0.4 is 5.73 Å². The average molecular weight is 246 g/mol. The molecule has 0 saturated carbocycles. The summed E-state index contributed by atoms with van der Waals surface area (Å²) < 4.78 is 0. The Labute approximate surface area is 107 Å². The van der Waals surface area contributed by atoms with Crippen LogP contribution in [-0.2, 0) is 11.3 Å². The van der Waals surface area contributed by atoms with Gasteiger partial charge in [-0.05, 0) is 18.1 Å². The molecule has 5 heteroatoms. The number of carbonyl (C=O) groups is 1. The summed E-state index contributed by atoms with van der Waals surface area (Å²) in [5.41, 5.74) is 6.69. The lowest BCUT2D eigenvalue weighted by Crippen LogP contribution is -2.43. The Balaban J connectivity index is 2.72. The third-order valence-corrected chi connectivity index (χ3v) is 2.66. The minimum Gasteiger partial charge on any atom is -0.336 e. The lowest BCUT2D eigenvalue weighted by atomic mass is 10.2. The van der Waals surface area contributed by atoms with Crippen LogP contribution in [0.1, 0.15) is 25.3 Å². The van der Waals surface area contributed by atoms with E-state index in [0.717, 1.165) is 5.56 Å². The van der Waals surface area contributed by atoms with Gasteiger partial charge in [0.25, 0.3) is 0 Å². The topological polar surface area (TPSA) is 83.0 Å². The molecule has 1 amide bonds. The molecule has 0 radical (unpaired) electrons. The summed E-state index contributed by atoms with van der Waals surface area (Å²) in [6, 6.07) is 5.27. The highest BCUT2D eigenvalue weighted by Crippen LogP contribution is 2.06. The van der Waals surface area contributed by atoms with Gasteiger partial charge < -0.3 is 10.6 Å². The highest BCUT2D eigenvalue weighted by Gasteiger charge is 2.19. The summed E-state index contributed by atoms with van der Waals surface area (Å²) in [7, 11) is 0. The first-order valence-corrected chi connectivity index (χ1v) is 5.99. The zero-order chi connectivity index (χ0) is 13.4. The molecule has 0 aliphatic rings. The van der Waals surface area contributed by atoms with Crippen LogP contribution in [0.25, 0.3) is 0 Å². The molecule has 18 heavy (non-hydrogen) atoms. The van der Waals surface area contributed by atoms with Crippen molar-refractivity contribution in [1.82, 2.24) is 9.88 Å². The number of amides is 1. The van der Waals surface area contributed by atoms with Crippen LogP contribution in [0.15, 0.2) is 24.5 Å². The molecule has 2 N–H and O–H groups in total. The summed E-state index contributed by atoms with van der Waals surface area (Å²) in [4.78, 5) is 17.7. The fourth-order valence-corrected chi connectivity index (χ4v) is 1.57. The molecular formula is C13H18N4O. The van der Waals surface area contributed by atoms with E-state index in [2.05, 4.69) is 4.98 Å². The van der Waals surface area contributed by atoms with Crippen molar-refractivity contribution in [3.8, 4) is 6.07 Å². The van der Waals surface area contributed by atoms with Gasteiger partial charge in [-0.15, -0.1) is 0 Å². The monoisotopic (exact) mass is 246 g/mol. The van der Waals surface area contributed by atoms with Crippen LogP contribution in [0.5, 0.6) is 0 Å². The van der Waals surface area contributed by atoms with Gasteiger partial charge in [0.2, 0.25) is 5.91 Å². The zero-order valence-electron chi connectivity index (χ0n) is 10.5. The fraction of sp³-hybridized carbons (Fsp3) is 0.462. The second-order valence-electron chi connectivity index (χ2n) is 4.04. The fourth-order valence-electron chi connectivity index (χ4n) is 1.57. The molecule has 0 saturated heterocycles. The van der Waals surface area contributed by atoms with E-state index in [-0.39, 0.29) is 5.91 Å². The van der Waals surface area contributed by atoms with Crippen molar-refractivity contribution in [2.24, 2.45) is 5.73 Å². The first-order chi connectivity index (χ1) is 8.69. The molecule has 96 valence electrons. The van der Waals surface area contributed by atoms with E-state index in [4.69, 9.17) is 11.0 Å². The number of hydrogen-bond acceptors (Lipinski definition) is 4. The SMILES string of the molecule is CC[C@@H](N)C(=O)N(CCC#N)Cc1cccnc1. The van der Waals surface area contributed by atoms with Crippen LogP contribution in [0.2, 0.25) is 0 Å². The minimum atomic E-state index is -0.500. The Hall–Kier alpha value is -1.93. The first kappa shape index (κ1) is 14.1. The molecule has 0 bridgehead atoms. The van der Waals surface area contributed by atoms with E-state index < -0.39 is 6.04 Å². The van der Waals surface area contributed by atoms with Gasteiger partial charge >= 0.3 is 0 Å². The second-order valence-corrected chi connectivity index (χ2v) is 4.04. The maximum Gasteiger partial charge on any atom is 0.239 e. The third-order valence-electron chi connectivity index (χ3n) is 2.66. The van der Waals surface area contributed by atoms with Crippen molar-refractivity contribution in [2.45, 2.75) is 32.4 Å². The molecule has 1 heterocycles. The van der Waals surface area contributed by atoms with Crippen molar-refractivity contribution in [3.05, 3.63) is 30.1 Å². The van der Waals surface area contributed by atoms with Crippen LogP contribution in [0, 0.1) is 11.3 Å². The molecule has 1 aromatic heterocycles. The van der Waals surface area contributed by atoms with Gasteiger partial charge in [-0.2, -0.15) is 5.26 Å². The molecule has 0 aliphatic heterocycles. The minimum absolute atomic E-state index is 0.114. The van der Waals surface area contributed by atoms with Crippen LogP contribution >= 0.6 is 0 Å². The zero-order valence-corrected chi connectivity index (χ0v) is 10.5. The van der Waals surface area contributed by atoms with Crippen molar-refractivity contribution < 1.29 is 4.79 Å². The van der Waals surface area contributed by atoms with Gasteiger partial charge in [0.1, 0.15) is 0 Å². The summed E-state index contributed by atoms with van der Waals surface area (Å²) >= 11 is 0. The third kappa shape index (κ3) is 4.15. The molecule has 1 atom stereocenters. The van der Waals surface area contributed by atoms with Gasteiger partial charge in [0.15, 0.2) is 0 Å². The summed E-state index contributed by atoms with van der Waals surface area (Å²) in [5, 5.41) is 8.63. The molecule has 5 nitrogen and oxygen atoms in total. The van der Waals surface area contributed by atoms with Gasteiger partial charge in [0.05, 0.1) is 18.5 Å². The smallest absolute Gasteiger partial charge is 0.239 e. The Morgan fingerprint density at radius 3 is 3.00 bits per heavy atom. The van der Waals surface area contributed by atoms with Crippen LogP contribution in [-0.4, -0.2) is 28.4 Å². The van der Waals surface area contributed by atoms with E-state index in [1.54, 1.807) is 17.3 Å².